The number of hydrogen-bond donors (Lipinski definition) is 1. The maximum atomic E-state index is 9.46. The van der Waals surface area contributed by atoms with Crippen molar-refractivity contribution < 1.29 is 0 Å². The highest BCUT2D eigenvalue weighted by Gasteiger charge is 2.09. The molecule has 0 atom stereocenters. The summed E-state index contributed by atoms with van der Waals surface area (Å²) in [6, 6.07) is 15.3. The number of rotatable bonds is 2. The van der Waals surface area contributed by atoms with Crippen LogP contribution in [0, 0.1) is 11.3 Å². The number of aromatic amines is 1. The maximum absolute atomic E-state index is 9.46. The van der Waals surface area contributed by atoms with Crippen LogP contribution in [-0.4, -0.2) is 4.98 Å². The number of aromatic nitrogens is 1. The quantitative estimate of drug-likeness (QED) is 0.620. The van der Waals surface area contributed by atoms with Gasteiger partial charge in [0.1, 0.15) is 0 Å². The fourth-order valence-corrected chi connectivity index (χ4v) is 2.70. The molecule has 4 heteroatoms. The zero-order valence-electron chi connectivity index (χ0n) is 10.9. The Balaban J connectivity index is 2.14. The summed E-state index contributed by atoms with van der Waals surface area (Å²) < 4.78 is 0. The minimum Gasteiger partial charge on any atom is -0.361 e. The van der Waals surface area contributed by atoms with Crippen molar-refractivity contribution in [2.75, 3.05) is 0 Å². The molecule has 0 aliphatic rings. The summed E-state index contributed by atoms with van der Waals surface area (Å²) in [6.45, 7) is 0. The molecule has 2 aromatic carbocycles. The van der Waals surface area contributed by atoms with Gasteiger partial charge in [0.15, 0.2) is 0 Å². The monoisotopic (exact) mass is 312 g/mol. The highest BCUT2D eigenvalue weighted by Crippen LogP contribution is 2.29. The molecule has 21 heavy (non-hydrogen) atoms. The first-order chi connectivity index (χ1) is 10.2. The first-order valence-corrected chi connectivity index (χ1v) is 7.08. The van der Waals surface area contributed by atoms with E-state index in [1.54, 1.807) is 24.3 Å². The molecule has 0 saturated heterocycles. The van der Waals surface area contributed by atoms with Crippen LogP contribution in [0.3, 0.4) is 0 Å². The first kappa shape index (κ1) is 13.8. The van der Waals surface area contributed by atoms with Gasteiger partial charge in [-0.1, -0.05) is 47.5 Å². The Labute approximate surface area is 132 Å². The number of nitriles is 1. The third kappa shape index (κ3) is 2.67. The predicted molar refractivity (Wildman–Crippen MR) is 88.2 cm³/mol. The van der Waals surface area contributed by atoms with Crippen LogP contribution in [0.4, 0.5) is 0 Å². The number of allylic oxidation sites excluding steroid dienone is 1. The number of benzene rings is 2. The molecule has 1 heterocycles. The second-order valence-corrected chi connectivity index (χ2v) is 5.43. The largest absolute Gasteiger partial charge is 0.361 e. The van der Waals surface area contributed by atoms with Crippen molar-refractivity contribution in [1.82, 2.24) is 4.98 Å². The first-order valence-electron chi connectivity index (χ1n) is 6.32. The predicted octanol–water partition coefficient (Wildman–Crippen LogP) is 5.54. The van der Waals surface area contributed by atoms with Gasteiger partial charge in [-0.2, -0.15) is 5.26 Å². The SMILES string of the molecule is N#C/C(=C\c1ccc(Cl)cc1Cl)c1c[nH]c2ccccc12. The third-order valence-corrected chi connectivity index (χ3v) is 3.82. The fraction of sp³-hybridized carbons (Fsp3) is 0. The fourth-order valence-electron chi connectivity index (χ4n) is 2.24. The Bertz CT molecular complexity index is 885. The molecule has 0 saturated carbocycles. The van der Waals surface area contributed by atoms with Gasteiger partial charge in [0, 0.05) is 32.7 Å². The molecule has 2 nitrogen and oxygen atoms in total. The summed E-state index contributed by atoms with van der Waals surface area (Å²) in [4.78, 5) is 3.17. The van der Waals surface area contributed by atoms with Crippen LogP contribution in [0.1, 0.15) is 11.1 Å². The minimum atomic E-state index is 0.523. The number of para-hydroxylation sites is 1. The Morgan fingerprint density at radius 1 is 1.14 bits per heavy atom. The smallest absolute Gasteiger partial charge is 0.0998 e. The molecule has 0 bridgehead atoms. The highest BCUT2D eigenvalue weighted by molar-refractivity contribution is 6.35. The summed E-state index contributed by atoms with van der Waals surface area (Å²) in [5, 5.41) is 11.6. The van der Waals surface area contributed by atoms with E-state index in [-0.39, 0.29) is 0 Å². The van der Waals surface area contributed by atoms with E-state index in [0.29, 0.717) is 15.6 Å². The number of nitrogens with zero attached hydrogens (tertiary/aromatic N) is 1. The average Bonchev–Trinajstić information content (AvgIpc) is 2.91. The van der Waals surface area contributed by atoms with Crippen LogP contribution < -0.4 is 0 Å². The molecule has 0 spiro atoms. The van der Waals surface area contributed by atoms with Gasteiger partial charge >= 0.3 is 0 Å². The zero-order chi connectivity index (χ0) is 14.8. The van der Waals surface area contributed by atoms with E-state index in [1.807, 2.05) is 30.5 Å². The summed E-state index contributed by atoms with van der Waals surface area (Å²) in [5.41, 5.74) is 3.18. The van der Waals surface area contributed by atoms with Crippen LogP contribution in [0.25, 0.3) is 22.6 Å². The normalized spacial score (nSPS) is 11.6. The van der Waals surface area contributed by atoms with Gasteiger partial charge in [0.2, 0.25) is 0 Å². The van der Waals surface area contributed by atoms with E-state index in [4.69, 9.17) is 23.2 Å². The number of halogens is 2. The molecule has 1 N–H and O–H groups in total. The van der Waals surface area contributed by atoms with Crippen LogP contribution in [0.15, 0.2) is 48.7 Å². The number of hydrogen-bond acceptors (Lipinski definition) is 1. The average molecular weight is 313 g/mol. The zero-order valence-corrected chi connectivity index (χ0v) is 12.4. The molecule has 3 rings (SSSR count). The summed E-state index contributed by atoms with van der Waals surface area (Å²) >= 11 is 12.1. The van der Waals surface area contributed by atoms with Crippen LogP contribution in [0.2, 0.25) is 10.0 Å². The second kappa shape index (κ2) is 5.65. The maximum Gasteiger partial charge on any atom is 0.0998 e. The second-order valence-electron chi connectivity index (χ2n) is 4.58. The molecule has 0 radical (unpaired) electrons. The third-order valence-electron chi connectivity index (χ3n) is 3.26. The molecular weight excluding hydrogens is 303 g/mol. The van der Waals surface area contributed by atoms with Crippen molar-refractivity contribution >= 4 is 45.8 Å². The topological polar surface area (TPSA) is 39.6 Å². The summed E-state index contributed by atoms with van der Waals surface area (Å²) in [5.74, 6) is 0. The molecule has 0 fully saturated rings. The van der Waals surface area contributed by atoms with E-state index in [9.17, 15) is 5.26 Å². The van der Waals surface area contributed by atoms with E-state index < -0.39 is 0 Å². The lowest BCUT2D eigenvalue weighted by atomic mass is 10.0. The highest BCUT2D eigenvalue weighted by atomic mass is 35.5. The summed E-state index contributed by atoms with van der Waals surface area (Å²) in [6.07, 6.45) is 3.61. The van der Waals surface area contributed by atoms with Crippen molar-refractivity contribution in [3.05, 3.63) is 69.8 Å². The van der Waals surface area contributed by atoms with Gasteiger partial charge in [-0.15, -0.1) is 0 Å². The molecule has 0 amide bonds. The standard InChI is InChI=1S/C17H10Cl2N2/c18-13-6-5-11(16(19)8-13)7-12(9-20)15-10-21-17-4-2-1-3-14(15)17/h1-8,10,21H/b12-7+. The lowest BCUT2D eigenvalue weighted by Crippen LogP contribution is -1.82. The van der Waals surface area contributed by atoms with Gasteiger partial charge < -0.3 is 4.98 Å². The number of nitrogens with one attached hydrogen (secondary N) is 1. The van der Waals surface area contributed by atoms with Gasteiger partial charge in [0.05, 0.1) is 11.6 Å². The summed E-state index contributed by atoms with van der Waals surface area (Å²) in [7, 11) is 0. The Hall–Kier alpha value is -2.21. The molecule has 0 aliphatic heterocycles. The van der Waals surface area contributed by atoms with Crippen molar-refractivity contribution in [1.29, 1.82) is 5.26 Å². The van der Waals surface area contributed by atoms with E-state index in [2.05, 4.69) is 11.1 Å². The Morgan fingerprint density at radius 3 is 2.71 bits per heavy atom. The van der Waals surface area contributed by atoms with E-state index in [1.165, 1.54) is 0 Å². The van der Waals surface area contributed by atoms with Gasteiger partial charge in [0.25, 0.3) is 0 Å². The Kier molecular flexibility index (Phi) is 3.70. The molecule has 3 aromatic rings. The van der Waals surface area contributed by atoms with E-state index >= 15 is 0 Å². The Morgan fingerprint density at radius 2 is 1.95 bits per heavy atom. The minimum absolute atomic E-state index is 0.523. The molecule has 1 aromatic heterocycles. The molecule has 102 valence electrons. The van der Waals surface area contributed by atoms with Gasteiger partial charge in [-0.3, -0.25) is 0 Å². The number of fused-ring (bicyclic) bond motifs is 1. The van der Waals surface area contributed by atoms with Gasteiger partial charge in [-0.05, 0) is 29.8 Å². The molecule has 0 unspecified atom stereocenters. The van der Waals surface area contributed by atoms with Crippen molar-refractivity contribution in [2.24, 2.45) is 0 Å². The van der Waals surface area contributed by atoms with Crippen molar-refractivity contribution in [3.8, 4) is 6.07 Å². The lowest BCUT2D eigenvalue weighted by molar-refractivity contribution is 1.46. The van der Waals surface area contributed by atoms with Gasteiger partial charge in [-0.25, -0.2) is 0 Å². The van der Waals surface area contributed by atoms with Crippen LogP contribution >= 0.6 is 23.2 Å². The van der Waals surface area contributed by atoms with Crippen molar-refractivity contribution in [3.63, 3.8) is 0 Å². The van der Waals surface area contributed by atoms with Crippen LogP contribution in [-0.2, 0) is 0 Å². The lowest BCUT2D eigenvalue weighted by Gasteiger charge is -2.01. The molecule has 0 aliphatic carbocycles. The molecular formula is C17H10Cl2N2. The van der Waals surface area contributed by atoms with E-state index in [0.717, 1.165) is 22.0 Å². The van der Waals surface area contributed by atoms with Crippen LogP contribution in [0.5, 0.6) is 0 Å². The number of H-pyrrole nitrogens is 1. The van der Waals surface area contributed by atoms with Crippen molar-refractivity contribution in [2.45, 2.75) is 0 Å².